The monoisotopic (exact) mass is 446 g/mol. The fraction of sp³-hybridized carbons (Fsp3) is 0.182. The Morgan fingerprint density at radius 2 is 0.708 bits per heavy atom. The molecule has 0 unspecified atom stereocenters. The summed E-state index contributed by atoms with van der Waals surface area (Å²) in [6, 6.07) is 27.3. The van der Waals surface area contributed by atoms with Gasteiger partial charge in [0.05, 0.1) is 0 Å². The number of rotatable bonds is 3. The molecule has 0 fully saturated rings. The molecule has 3 aromatic carbocycles. The predicted molar refractivity (Wildman–Crippen MR) is 119 cm³/mol. The van der Waals surface area contributed by atoms with E-state index < -0.39 is 4.25 Å². The van der Waals surface area contributed by atoms with Crippen LogP contribution in [0.5, 0.6) is 0 Å². The van der Waals surface area contributed by atoms with E-state index in [-0.39, 0.29) is 0 Å². The van der Waals surface area contributed by atoms with Gasteiger partial charge in [0.15, 0.2) is 0 Å². The van der Waals surface area contributed by atoms with Crippen molar-refractivity contribution >= 4 is 42.2 Å². The van der Waals surface area contributed by atoms with Crippen LogP contribution in [0.25, 0.3) is 0 Å². The summed E-state index contributed by atoms with van der Waals surface area (Å²) < 4.78 is -2.48. The molecule has 0 aromatic heterocycles. The zero-order chi connectivity index (χ0) is 17.4. The quantitative estimate of drug-likeness (QED) is 0.372. The van der Waals surface area contributed by atoms with Gasteiger partial charge in [-0.25, -0.2) is 0 Å². The van der Waals surface area contributed by atoms with E-state index in [4.69, 9.17) is 0 Å². The van der Waals surface area contributed by atoms with Crippen molar-refractivity contribution in [3.8, 4) is 0 Å². The first kappa shape index (κ1) is 17.6. The summed E-state index contributed by atoms with van der Waals surface area (Å²) in [5.74, 6) is 0. The summed E-state index contributed by atoms with van der Waals surface area (Å²) >= 11 is 2.77. The fourth-order valence-electron chi connectivity index (χ4n) is 3.14. The van der Waals surface area contributed by atoms with Crippen molar-refractivity contribution in [2.75, 3.05) is 6.66 Å². The van der Waals surface area contributed by atoms with E-state index in [2.05, 4.69) is 122 Å². The van der Waals surface area contributed by atoms with Gasteiger partial charge in [0.25, 0.3) is 0 Å². The third kappa shape index (κ3) is 2.93. The van der Waals surface area contributed by atoms with Crippen LogP contribution in [0, 0.1) is 20.8 Å². The second-order valence-corrected chi connectivity index (χ2v) is 18.6. The van der Waals surface area contributed by atoms with Gasteiger partial charge in [-0.15, -0.1) is 0 Å². The molecule has 0 saturated heterocycles. The summed E-state index contributed by atoms with van der Waals surface area (Å²) in [6.45, 7) is 8.92. The van der Waals surface area contributed by atoms with Crippen molar-refractivity contribution in [1.29, 1.82) is 0 Å². The van der Waals surface area contributed by atoms with Crippen molar-refractivity contribution in [3.05, 3.63) is 89.5 Å². The molecule has 2 heteroatoms. The average molecular weight is 446 g/mol. The van der Waals surface area contributed by atoms with Gasteiger partial charge in [-0.3, -0.25) is 0 Å². The summed E-state index contributed by atoms with van der Waals surface area (Å²) in [5, 5.41) is 4.29. The van der Waals surface area contributed by atoms with Crippen LogP contribution < -0.4 is 15.9 Å². The Bertz CT molecular complexity index is 726. The molecule has 0 N–H and O–H groups in total. The van der Waals surface area contributed by atoms with Crippen LogP contribution in [-0.2, 0) is 0 Å². The third-order valence-corrected chi connectivity index (χ3v) is 14.5. The molecular formula is C22H24IP. The van der Waals surface area contributed by atoms with E-state index in [9.17, 15) is 0 Å². The van der Waals surface area contributed by atoms with Crippen LogP contribution in [0.2, 0.25) is 0 Å². The molecule has 0 amide bonds. The Labute approximate surface area is 158 Å². The van der Waals surface area contributed by atoms with E-state index >= 15 is 0 Å². The minimum absolute atomic E-state index is 1.31. The van der Waals surface area contributed by atoms with Crippen LogP contribution >= 0.6 is 26.3 Å². The minimum atomic E-state index is -2.48. The molecule has 0 spiro atoms. The van der Waals surface area contributed by atoms with Gasteiger partial charge in [0, 0.05) is 0 Å². The molecule has 0 nitrogen and oxygen atoms in total. The van der Waals surface area contributed by atoms with Crippen molar-refractivity contribution in [2.45, 2.75) is 20.8 Å². The van der Waals surface area contributed by atoms with Gasteiger partial charge in [0.1, 0.15) is 0 Å². The maximum atomic E-state index is 2.77. The molecule has 0 bridgehead atoms. The van der Waals surface area contributed by atoms with Gasteiger partial charge in [-0.2, -0.15) is 0 Å². The molecule has 0 aliphatic rings. The molecule has 3 rings (SSSR count). The SMILES string of the molecule is Cc1ccc(P(C)(I)(c2ccc(C)cc2)c2ccc(C)cc2)cc1. The first-order valence-corrected chi connectivity index (χ1v) is 13.7. The Morgan fingerprint density at radius 1 is 0.500 bits per heavy atom. The summed E-state index contributed by atoms with van der Waals surface area (Å²) in [6.07, 6.45) is 0. The van der Waals surface area contributed by atoms with Gasteiger partial charge in [0.2, 0.25) is 0 Å². The molecule has 124 valence electrons. The molecule has 0 radical (unpaired) electrons. The van der Waals surface area contributed by atoms with Gasteiger partial charge < -0.3 is 0 Å². The number of hydrogen-bond acceptors (Lipinski definition) is 0. The van der Waals surface area contributed by atoms with Crippen molar-refractivity contribution in [1.82, 2.24) is 0 Å². The number of halogens is 1. The summed E-state index contributed by atoms with van der Waals surface area (Å²) in [7, 11) is 0. The molecule has 0 aliphatic carbocycles. The normalized spacial score (nSPS) is 13.3. The zero-order valence-electron chi connectivity index (χ0n) is 14.8. The van der Waals surface area contributed by atoms with Gasteiger partial charge >= 0.3 is 159 Å². The Hall–Kier alpha value is -1.18. The topological polar surface area (TPSA) is 0 Å². The maximum absolute atomic E-state index is 2.77. The molecule has 0 aliphatic heterocycles. The molecule has 24 heavy (non-hydrogen) atoms. The van der Waals surface area contributed by atoms with Crippen LogP contribution in [-0.4, -0.2) is 6.66 Å². The second-order valence-electron chi connectivity index (χ2n) is 6.94. The van der Waals surface area contributed by atoms with E-state index in [0.717, 1.165) is 0 Å². The summed E-state index contributed by atoms with van der Waals surface area (Å²) in [4.78, 5) is 0. The standard InChI is InChI=1S/C22H24IP/c1-17-5-11-20(12-6-17)24(4,23,21-13-7-18(2)8-14-21)22-15-9-19(3)10-16-22/h5-16H,1-4H3. The molecule has 0 atom stereocenters. The zero-order valence-corrected chi connectivity index (χ0v) is 17.8. The fourth-order valence-corrected chi connectivity index (χ4v) is 9.51. The van der Waals surface area contributed by atoms with E-state index in [1.165, 1.54) is 32.6 Å². The Kier molecular flexibility index (Phi) is 4.61. The molecule has 3 aromatic rings. The van der Waals surface area contributed by atoms with Crippen molar-refractivity contribution in [2.24, 2.45) is 0 Å². The van der Waals surface area contributed by atoms with E-state index in [1.807, 2.05) is 0 Å². The number of benzene rings is 3. The van der Waals surface area contributed by atoms with Crippen molar-refractivity contribution in [3.63, 3.8) is 0 Å². The van der Waals surface area contributed by atoms with Crippen LogP contribution in [0.15, 0.2) is 72.8 Å². The first-order chi connectivity index (χ1) is 11.3. The molecular weight excluding hydrogens is 422 g/mol. The van der Waals surface area contributed by atoms with E-state index in [0.29, 0.717) is 0 Å². The summed E-state index contributed by atoms with van der Waals surface area (Å²) in [5.41, 5.74) is 3.92. The van der Waals surface area contributed by atoms with Crippen LogP contribution in [0.4, 0.5) is 0 Å². The predicted octanol–water partition coefficient (Wildman–Crippen LogP) is 5.42. The second kappa shape index (κ2) is 6.28. The van der Waals surface area contributed by atoms with Crippen LogP contribution in [0.3, 0.4) is 0 Å². The van der Waals surface area contributed by atoms with Crippen molar-refractivity contribution < 1.29 is 0 Å². The third-order valence-electron chi connectivity index (χ3n) is 4.94. The molecule has 0 saturated carbocycles. The van der Waals surface area contributed by atoms with E-state index in [1.54, 1.807) is 0 Å². The Balaban J connectivity index is 2.33. The number of aryl methyl sites for hydroxylation is 3. The van der Waals surface area contributed by atoms with Gasteiger partial charge in [-0.1, -0.05) is 0 Å². The Morgan fingerprint density at radius 3 is 0.917 bits per heavy atom. The molecule has 0 heterocycles. The van der Waals surface area contributed by atoms with Crippen LogP contribution in [0.1, 0.15) is 16.7 Å². The van der Waals surface area contributed by atoms with Gasteiger partial charge in [-0.05, 0) is 0 Å². The average Bonchev–Trinajstić information content (AvgIpc) is 2.56. The number of hydrogen-bond donors (Lipinski definition) is 0. The first-order valence-electron chi connectivity index (χ1n) is 8.25.